The average molecular weight is 307 g/mol. The third-order valence-corrected chi connectivity index (χ3v) is 4.12. The van der Waals surface area contributed by atoms with E-state index in [1.807, 2.05) is 25.1 Å². The molecule has 0 saturated carbocycles. The summed E-state index contributed by atoms with van der Waals surface area (Å²) in [6.45, 7) is 4.35. The van der Waals surface area contributed by atoms with Gasteiger partial charge in [0.2, 0.25) is 5.82 Å². The van der Waals surface area contributed by atoms with Crippen LogP contribution in [0.15, 0.2) is 29.3 Å². The molecule has 0 N–H and O–H groups in total. The van der Waals surface area contributed by atoms with Gasteiger partial charge in [-0.3, -0.25) is 0 Å². The van der Waals surface area contributed by atoms with Crippen molar-refractivity contribution in [2.75, 3.05) is 5.75 Å². The molecule has 7 heteroatoms. The first-order valence-electron chi connectivity index (χ1n) is 6.54. The third-order valence-electron chi connectivity index (χ3n) is 3.06. The second kappa shape index (κ2) is 6.62. The summed E-state index contributed by atoms with van der Waals surface area (Å²) in [7, 11) is 1.61. The molecule has 1 aromatic carbocycles. The number of hydrogen-bond donors (Lipinski definition) is 0. The first kappa shape index (κ1) is 15.4. The lowest BCUT2D eigenvalue weighted by Gasteiger charge is -2.08. The Morgan fingerprint density at radius 3 is 2.81 bits per heavy atom. The predicted octanol–water partition coefficient (Wildman–Crippen LogP) is 3.33. The highest BCUT2D eigenvalue weighted by Crippen LogP contribution is 2.26. The van der Waals surface area contributed by atoms with E-state index in [-0.39, 0.29) is 12.4 Å². The number of nitrogens with zero attached hydrogens (tertiary/aromatic N) is 3. The summed E-state index contributed by atoms with van der Waals surface area (Å²) in [5.74, 6) is 2.24. The Kier molecular flexibility index (Phi) is 4.85. The molecule has 1 aromatic heterocycles. The van der Waals surface area contributed by atoms with Crippen LogP contribution in [0.3, 0.4) is 0 Å². The summed E-state index contributed by atoms with van der Waals surface area (Å²) >= 11 is 1.79. The van der Waals surface area contributed by atoms with E-state index in [1.54, 1.807) is 18.8 Å². The summed E-state index contributed by atoms with van der Waals surface area (Å²) in [6.07, 6.45) is 1.24. The molecule has 0 aliphatic rings. The minimum absolute atomic E-state index is 0.0422. The predicted molar refractivity (Wildman–Crippen MR) is 81.8 cm³/mol. The van der Waals surface area contributed by atoms with Crippen LogP contribution < -0.4 is 4.74 Å². The van der Waals surface area contributed by atoms with Gasteiger partial charge in [0.05, 0.1) is 7.05 Å². The lowest BCUT2D eigenvalue weighted by molar-refractivity contribution is -0.391. The molecule has 112 valence electrons. The number of thioether (sulfide) groups is 1. The summed E-state index contributed by atoms with van der Waals surface area (Å²) in [5.41, 5.74) is 1.16. The van der Waals surface area contributed by atoms with E-state index in [1.165, 1.54) is 15.7 Å². The van der Waals surface area contributed by atoms with Crippen molar-refractivity contribution in [1.29, 1.82) is 0 Å². The second-order valence-electron chi connectivity index (χ2n) is 4.50. The third kappa shape index (κ3) is 3.55. The van der Waals surface area contributed by atoms with Gasteiger partial charge in [0.15, 0.2) is 6.61 Å². The van der Waals surface area contributed by atoms with E-state index in [2.05, 4.69) is 11.9 Å². The number of benzene rings is 1. The van der Waals surface area contributed by atoms with Gasteiger partial charge >= 0.3 is 5.82 Å². The van der Waals surface area contributed by atoms with Gasteiger partial charge in [0.25, 0.3) is 0 Å². The molecule has 2 rings (SSSR count). The van der Waals surface area contributed by atoms with Gasteiger partial charge < -0.3 is 14.9 Å². The summed E-state index contributed by atoms with van der Waals surface area (Å²) < 4.78 is 7.09. The first-order valence-corrected chi connectivity index (χ1v) is 7.52. The SMILES string of the molecule is CCSc1ccc(OCc2ncc([N+](=O)[O-])n2C)cc1C. The monoisotopic (exact) mass is 307 g/mol. The number of hydrogen-bond acceptors (Lipinski definition) is 5. The molecule has 0 radical (unpaired) electrons. The topological polar surface area (TPSA) is 70.2 Å². The molecule has 1 heterocycles. The van der Waals surface area contributed by atoms with E-state index < -0.39 is 4.92 Å². The minimum Gasteiger partial charge on any atom is -0.483 e. The van der Waals surface area contributed by atoms with Crippen molar-refractivity contribution in [3.8, 4) is 5.75 Å². The number of nitro groups is 1. The maximum absolute atomic E-state index is 10.8. The summed E-state index contributed by atoms with van der Waals surface area (Å²) in [5, 5.41) is 10.8. The van der Waals surface area contributed by atoms with Crippen molar-refractivity contribution >= 4 is 17.6 Å². The van der Waals surface area contributed by atoms with Crippen LogP contribution in [-0.2, 0) is 13.7 Å². The van der Waals surface area contributed by atoms with Crippen LogP contribution in [0.1, 0.15) is 18.3 Å². The highest BCUT2D eigenvalue weighted by atomic mass is 32.2. The molecule has 0 spiro atoms. The minimum atomic E-state index is -0.461. The van der Waals surface area contributed by atoms with E-state index in [4.69, 9.17) is 4.74 Å². The van der Waals surface area contributed by atoms with Gasteiger partial charge in [-0.05, 0) is 41.4 Å². The number of aryl methyl sites for hydroxylation is 1. The fourth-order valence-corrected chi connectivity index (χ4v) is 2.68. The summed E-state index contributed by atoms with van der Waals surface area (Å²) in [4.78, 5) is 15.5. The Bertz CT molecular complexity index is 655. The number of rotatable bonds is 6. The smallest absolute Gasteiger partial charge is 0.342 e. The molecular weight excluding hydrogens is 290 g/mol. The lowest BCUT2D eigenvalue weighted by Crippen LogP contribution is -2.05. The van der Waals surface area contributed by atoms with E-state index in [0.717, 1.165) is 17.1 Å². The van der Waals surface area contributed by atoms with Crippen molar-refractivity contribution in [3.63, 3.8) is 0 Å². The van der Waals surface area contributed by atoms with Gasteiger partial charge in [0.1, 0.15) is 11.9 Å². The Morgan fingerprint density at radius 2 is 2.24 bits per heavy atom. The number of imidazole rings is 1. The van der Waals surface area contributed by atoms with Crippen LogP contribution in [-0.4, -0.2) is 20.2 Å². The molecule has 0 unspecified atom stereocenters. The molecule has 0 bridgehead atoms. The maximum atomic E-state index is 10.8. The molecule has 6 nitrogen and oxygen atoms in total. The van der Waals surface area contributed by atoms with Crippen LogP contribution >= 0.6 is 11.8 Å². The largest absolute Gasteiger partial charge is 0.483 e. The quantitative estimate of drug-likeness (QED) is 0.465. The van der Waals surface area contributed by atoms with Gasteiger partial charge in [-0.15, -0.1) is 11.8 Å². The van der Waals surface area contributed by atoms with Crippen molar-refractivity contribution in [3.05, 3.63) is 45.9 Å². The Morgan fingerprint density at radius 1 is 1.48 bits per heavy atom. The van der Waals surface area contributed by atoms with E-state index in [9.17, 15) is 10.1 Å². The van der Waals surface area contributed by atoms with Gasteiger partial charge in [-0.1, -0.05) is 6.92 Å². The lowest BCUT2D eigenvalue weighted by atomic mass is 10.2. The maximum Gasteiger partial charge on any atom is 0.342 e. The first-order chi connectivity index (χ1) is 10.0. The molecule has 0 atom stereocenters. The number of ether oxygens (including phenoxy) is 1. The zero-order valence-electron chi connectivity index (χ0n) is 12.2. The fourth-order valence-electron chi connectivity index (χ4n) is 1.92. The molecule has 0 aliphatic carbocycles. The van der Waals surface area contributed by atoms with Crippen LogP contribution in [0.25, 0.3) is 0 Å². The van der Waals surface area contributed by atoms with Crippen molar-refractivity contribution in [2.24, 2.45) is 7.05 Å². The van der Waals surface area contributed by atoms with Crippen molar-refractivity contribution in [1.82, 2.24) is 9.55 Å². The van der Waals surface area contributed by atoms with Crippen LogP contribution in [0, 0.1) is 17.0 Å². The van der Waals surface area contributed by atoms with Crippen molar-refractivity contribution in [2.45, 2.75) is 25.3 Å². The van der Waals surface area contributed by atoms with Gasteiger partial charge in [-0.25, -0.2) is 9.55 Å². The highest BCUT2D eigenvalue weighted by molar-refractivity contribution is 7.99. The average Bonchev–Trinajstić information content (AvgIpc) is 2.81. The second-order valence-corrected chi connectivity index (χ2v) is 5.80. The van der Waals surface area contributed by atoms with Crippen molar-refractivity contribution < 1.29 is 9.66 Å². The fraction of sp³-hybridized carbons (Fsp3) is 0.357. The van der Waals surface area contributed by atoms with E-state index in [0.29, 0.717) is 5.82 Å². The van der Waals surface area contributed by atoms with Crippen LogP contribution in [0.4, 0.5) is 5.82 Å². The van der Waals surface area contributed by atoms with Gasteiger partial charge in [0, 0.05) is 4.90 Å². The normalized spacial score (nSPS) is 10.6. The van der Waals surface area contributed by atoms with E-state index >= 15 is 0 Å². The molecular formula is C14H17N3O3S. The molecule has 2 aromatic rings. The number of aromatic nitrogens is 2. The molecule has 0 saturated heterocycles. The molecule has 0 amide bonds. The zero-order valence-corrected chi connectivity index (χ0v) is 13.0. The standard InChI is InChI=1S/C14H17N3O3S/c1-4-21-12-6-5-11(7-10(12)2)20-9-13-15-8-14(16(13)3)17(18)19/h5-8H,4,9H2,1-3H3. The molecule has 21 heavy (non-hydrogen) atoms. The molecule has 0 aliphatic heterocycles. The Hall–Kier alpha value is -2.02. The molecule has 0 fully saturated rings. The van der Waals surface area contributed by atoms with Crippen LogP contribution in [0.2, 0.25) is 0 Å². The Balaban J connectivity index is 2.06. The summed E-state index contributed by atoms with van der Waals surface area (Å²) in [6, 6.07) is 5.90. The Labute approximate surface area is 127 Å². The highest BCUT2D eigenvalue weighted by Gasteiger charge is 2.16. The van der Waals surface area contributed by atoms with Gasteiger partial charge in [-0.2, -0.15) is 0 Å². The zero-order chi connectivity index (χ0) is 15.4. The van der Waals surface area contributed by atoms with Crippen LogP contribution in [0.5, 0.6) is 5.75 Å².